The molecule has 3 aromatic rings. The molecule has 2 aromatic heterocycles. The number of fused-ring (bicyclic) bond motifs is 1. The van der Waals surface area contributed by atoms with Crippen molar-refractivity contribution in [2.24, 2.45) is 0 Å². The monoisotopic (exact) mass is 295 g/mol. The summed E-state index contributed by atoms with van der Waals surface area (Å²) in [5.41, 5.74) is 3.70. The molecule has 22 heavy (non-hydrogen) atoms. The summed E-state index contributed by atoms with van der Waals surface area (Å²) in [7, 11) is 0. The van der Waals surface area contributed by atoms with E-state index in [1.165, 1.54) is 0 Å². The molecule has 1 aliphatic heterocycles. The molecule has 0 bridgehead atoms. The minimum absolute atomic E-state index is 0.00267. The zero-order chi connectivity index (χ0) is 15.1. The molecule has 0 saturated carbocycles. The number of aromatic amines is 2. The average Bonchev–Trinajstić information content (AvgIpc) is 3.25. The van der Waals surface area contributed by atoms with Gasteiger partial charge in [-0.05, 0) is 25.0 Å². The van der Waals surface area contributed by atoms with Crippen molar-refractivity contribution in [3.05, 3.63) is 47.4 Å². The predicted molar refractivity (Wildman–Crippen MR) is 82.7 cm³/mol. The van der Waals surface area contributed by atoms with E-state index in [0.29, 0.717) is 18.2 Å². The van der Waals surface area contributed by atoms with E-state index in [-0.39, 0.29) is 5.91 Å². The van der Waals surface area contributed by atoms with E-state index in [1.54, 1.807) is 0 Å². The SMILES string of the molecule is Cc1cn[nH]c1[C@@H]1CCN(C(=O)c2n[nH]c3ccccc23)C1. The maximum atomic E-state index is 12.7. The highest BCUT2D eigenvalue weighted by Crippen LogP contribution is 2.29. The quantitative estimate of drug-likeness (QED) is 0.761. The van der Waals surface area contributed by atoms with E-state index in [2.05, 4.69) is 20.4 Å². The topological polar surface area (TPSA) is 77.7 Å². The summed E-state index contributed by atoms with van der Waals surface area (Å²) in [5.74, 6) is 0.328. The number of carbonyl (C=O) groups is 1. The van der Waals surface area contributed by atoms with Crippen LogP contribution in [0.1, 0.15) is 34.1 Å². The van der Waals surface area contributed by atoms with Gasteiger partial charge >= 0.3 is 0 Å². The third-order valence-corrected chi connectivity index (χ3v) is 4.42. The van der Waals surface area contributed by atoms with Crippen LogP contribution in [-0.2, 0) is 0 Å². The molecule has 1 amide bonds. The Morgan fingerprint density at radius 1 is 1.32 bits per heavy atom. The van der Waals surface area contributed by atoms with Crippen molar-refractivity contribution in [2.45, 2.75) is 19.3 Å². The van der Waals surface area contributed by atoms with Gasteiger partial charge in [0.15, 0.2) is 5.69 Å². The lowest BCUT2D eigenvalue weighted by molar-refractivity contribution is 0.0786. The zero-order valence-electron chi connectivity index (χ0n) is 12.3. The van der Waals surface area contributed by atoms with Gasteiger partial charge in [-0.3, -0.25) is 15.0 Å². The van der Waals surface area contributed by atoms with Crippen LogP contribution < -0.4 is 0 Å². The molecule has 3 heterocycles. The number of para-hydroxylation sites is 1. The average molecular weight is 295 g/mol. The smallest absolute Gasteiger partial charge is 0.275 e. The summed E-state index contributed by atoms with van der Waals surface area (Å²) < 4.78 is 0. The van der Waals surface area contributed by atoms with E-state index in [0.717, 1.165) is 35.1 Å². The van der Waals surface area contributed by atoms with Gasteiger partial charge < -0.3 is 4.90 Å². The van der Waals surface area contributed by atoms with Crippen molar-refractivity contribution < 1.29 is 4.79 Å². The Labute approximate surface area is 127 Å². The first-order chi connectivity index (χ1) is 10.7. The summed E-state index contributed by atoms with van der Waals surface area (Å²) in [6.07, 6.45) is 2.79. The Balaban J connectivity index is 1.58. The molecular formula is C16H17N5O. The van der Waals surface area contributed by atoms with E-state index in [4.69, 9.17) is 0 Å². The Morgan fingerprint density at radius 3 is 3.00 bits per heavy atom. The molecule has 0 unspecified atom stereocenters. The second kappa shape index (κ2) is 4.98. The van der Waals surface area contributed by atoms with E-state index in [9.17, 15) is 4.79 Å². The van der Waals surface area contributed by atoms with Gasteiger partial charge in [-0.15, -0.1) is 0 Å². The highest BCUT2D eigenvalue weighted by Gasteiger charge is 2.31. The zero-order valence-corrected chi connectivity index (χ0v) is 12.3. The van der Waals surface area contributed by atoms with Gasteiger partial charge in [-0.25, -0.2) is 0 Å². The molecule has 4 rings (SSSR count). The Kier molecular flexibility index (Phi) is 2.96. The molecule has 1 atom stereocenters. The number of aromatic nitrogens is 4. The number of rotatable bonds is 2. The van der Waals surface area contributed by atoms with Crippen molar-refractivity contribution >= 4 is 16.8 Å². The van der Waals surface area contributed by atoms with Crippen LogP contribution in [-0.4, -0.2) is 44.3 Å². The van der Waals surface area contributed by atoms with Gasteiger partial charge in [0.25, 0.3) is 5.91 Å². The molecule has 1 fully saturated rings. The fourth-order valence-corrected chi connectivity index (χ4v) is 3.23. The fourth-order valence-electron chi connectivity index (χ4n) is 3.23. The lowest BCUT2D eigenvalue weighted by atomic mass is 10.0. The highest BCUT2D eigenvalue weighted by atomic mass is 16.2. The van der Waals surface area contributed by atoms with Crippen molar-refractivity contribution in [2.75, 3.05) is 13.1 Å². The Bertz CT molecular complexity index is 834. The minimum Gasteiger partial charge on any atom is -0.337 e. The van der Waals surface area contributed by atoms with Gasteiger partial charge in [0, 0.05) is 30.1 Å². The number of carbonyl (C=O) groups excluding carboxylic acids is 1. The number of nitrogens with one attached hydrogen (secondary N) is 2. The van der Waals surface area contributed by atoms with E-state index < -0.39 is 0 Å². The highest BCUT2D eigenvalue weighted by molar-refractivity contribution is 6.04. The van der Waals surface area contributed by atoms with Crippen LogP contribution in [0.5, 0.6) is 0 Å². The maximum absolute atomic E-state index is 12.7. The standard InChI is InChI=1S/C16H17N5O/c1-10-8-17-19-14(10)11-6-7-21(9-11)16(22)15-12-4-2-3-5-13(12)18-20-15/h2-5,8,11H,6-7,9H2,1H3,(H,17,19)(H,18,20)/t11-/m1/s1. The number of hydrogen-bond donors (Lipinski definition) is 2. The first-order valence-electron chi connectivity index (χ1n) is 7.46. The Hall–Kier alpha value is -2.63. The van der Waals surface area contributed by atoms with Crippen molar-refractivity contribution in [1.29, 1.82) is 0 Å². The van der Waals surface area contributed by atoms with Crippen LogP contribution in [0.15, 0.2) is 30.5 Å². The molecule has 0 spiro atoms. The lowest BCUT2D eigenvalue weighted by Crippen LogP contribution is -2.29. The van der Waals surface area contributed by atoms with Crippen molar-refractivity contribution in [3.8, 4) is 0 Å². The molecule has 6 nitrogen and oxygen atoms in total. The number of nitrogens with zero attached hydrogens (tertiary/aromatic N) is 3. The van der Waals surface area contributed by atoms with E-state index in [1.807, 2.05) is 42.3 Å². The second-order valence-electron chi connectivity index (χ2n) is 5.82. The molecule has 0 radical (unpaired) electrons. The minimum atomic E-state index is -0.00267. The summed E-state index contributed by atoms with van der Waals surface area (Å²) >= 11 is 0. The van der Waals surface area contributed by atoms with Crippen LogP contribution in [0.4, 0.5) is 0 Å². The maximum Gasteiger partial charge on any atom is 0.275 e. The molecular weight excluding hydrogens is 278 g/mol. The molecule has 1 saturated heterocycles. The van der Waals surface area contributed by atoms with Crippen LogP contribution in [0.3, 0.4) is 0 Å². The first-order valence-corrected chi connectivity index (χ1v) is 7.46. The number of H-pyrrole nitrogens is 2. The third-order valence-electron chi connectivity index (χ3n) is 4.42. The number of amides is 1. The summed E-state index contributed by atoms with van der Waals surface area (Å²) in [4.78, 5) is 14.6. The number of aryl methyl sites for hydroxylation is 1. The number of likely N-dealkylation sites (tertiary alicyclic amines) is 1. The van der Waals surface area contributed by atoms with Crippen LogP contribution in [0, 0.1) is 6.92 Å². The summed E-state index contributed by atoms with van der Waals surface area (Å²) in [5, 5.41) is 15.2. The second-order valence-corrected chi connectivity index (χ2v) is 5.82. The van der Waals surface area contributed by atoms with E-state index >= 15 is 0 Å². The van der Waals surface area contributed by atoms with Gasteiger partial charge in [-0.2, -0.15) is 10.2 Å². The molecule has 2 N–H and O–H groups in total. The molecule has 112 valence electrons. The molecule has 1 aliphatic rings. The third kappa shape index (κ3) is 1.99. The predicted octanol–water partition coefficient (Wildman–Crippen LogP) is 2.22. The lowest BCUT2D eigenvalue weighted by Gasteiger charge is -2.15. The number of hydrogen-bond acceptors (Lipinski definition) is 3. The first kappa shape index (κ1) is 13.1. The summed E-state index contributed by atoms with van der Waals surface area (Å²) in [6.45, 7) is 3.51. The number of benzene rings is 1. The van der Waals surface area contributed by atoms with Crippen LogP contribution in [0.2, 0.25) is 0 Å². The normalized spacial score (nSPS) is 18.2. The molecule has 0 aliphatic carbocycles. The molecule has 1 aromatic carbocycles. The van der Waals surface area contributed by atoms with Crippen LogP contribution in [0.25, 0.3) is 10.9 Å². The fraction of sp³-hybridized carbons (Fsp3) is 0.312. The largest absolute Gasteiger partial charge is 0.337 e. The van der Waals surface area contributed by atoms with Gasteiger partial charge in [0.2, 0.25) is 0 Å². The van der Waals surface area contributed by atoms with Crippen LogP contribution >= 0.6 is 0 Å². The van der Waals surface area contributed by atoms with Gasteiger partial charge in [0.05, 0.1) is 11.7 Å². The van der Waals surface area contributed by atoms with Crippen molar-refractivity contribution in [1.82, 2.24) is 25.3 Å². The van der Waals surface area contributed by atoms with Gasteiger partial charge in [-0.1, -0.05) is 18.2 Å². The Morgan fingerprint density at radius 2 is 2.18 bits per heavy atom. The van der Waals surface area contributed by atoms with Crippen molar-refractivity contribution in [3.63, 3.8) is 0 Å². The van der Waals surface area contributed by atoms with Gasteiger partial charge in [0.1, 0.15) is 0 Å². The summed E-state index contributed by atoms with van der Waals surface area (Å²) in [6, 6.07) is 7.72. The molecule has 6 heteroatoms.